The van der Waals surface area contributed by atoms with Gasteiger partial charge in [-0.1, -0.05) is 0 Å². The average molecular weight is 209 g/mol. The fourth-order valence-corrected chi connectivity index (χ4v) is 1.96. The molecular formula is C10H15N3O2. The third-order valence-corrected chi connectivity index (χ3v) is 2.77. The van der Waals surface area contributed by atoms with Crippen LogP contribution in [-0.4, -0.2) is 38.6 Å². The van der Waals surface area contributed by atoms with E-state index in [1.807, 2.05) is 17.8 Å². The number of imidazole rings is 1. The van der Waals surface area contributed by atoms with E-state index in [9.17, 15) is 4.79 Å². The maximum absolute atomic E-state index is 10.8. The largest absolute Gasteiger partial charge is 0.481 e. The van der Waals surface area contributed by atoms with Crippen LogP contribution in [0.3, 0.4) is 0 Å². The Balaban J connectivity index is 1.90. The highest BCUT2D eigenvalue weighted by molar-refractivity contribution is 5.70. The standard InChI is InChI=1S/C10H15N3O2/c1-12-5-9(11-7-12)6-13-3-2-8(4-13)10(14)15/h5,7-8H,2-4,6H2,1H3,(H,14,15). The van der Waals surface area contributed by atoms with Crippen LogP contribution in [0.4, 0.5) is 0 Å². The minimum Gasteiger partial charge on any atom is -0.481 e. The molecule has 0 radical (unpaired) electrons. The highest BCUT2D eigenvalue weighted by Crippen LogP contribution is 2.17. The normalized spacial score (nSPS) is 22.1. The Morgan fingerprint density at radius 3 is 3.07 bits per heavy atom. The second-order valence-electron chi connectivity index (χ2n) is 4.09. The van der Waals surface area contributed by atoms with Gasteiger partial charge >= 0.3 is 5.97 Å². The van der Waals surface area contributed by atoms with Crippen molar-refractivity contribution in [2.45, 2.75) is 13.0 Å². The maximum atomic E-state index is 10.8. The summed E-state index contributed by atoms with van der Waals surface area (Å²) in [4.78, 5) is 17.1. The van der Waals surface area contributed by atoms with Crippen molar-refractivity contribution >= 4 is 5.97 Å². The Labute approximate surface area is 88.3 Å². The molecule has 5 nitrogen and oxygen atoms in total. The van der Waals surface area contributed by atoms with Crippen molar-refractivity contribution in [3.8, 4) is 0 Å². The summed E-state index contributed by atoms with van der Waals surface area (Å²) in [6.45, 7) is 2.25. The van der Waals surface area contributed by atoms with E-state index in [1.165, 1.54) is 0 Å². The van der Waals surface area contributed by atoms with Crippen LogP contribution in [0.1, 0.15) is 12.1 Å². The lowest BCUT2D eigenvalue weighted by Crippen LogP contribution is -2.22. The Kier molecular flexibility index (Phi) is 2.73. The molecule has 1 unspecified atom stereocenters. The maximum Gasteiger partial charge on any atom is 0.307 e. The van der Waals surface area contributed by atoms with Gasteiger partial charge in [0.05, 0.1) is 17.9 Å². The lowest BCUT2D eigenvalue weighted by molar-refractivity contribution is -0.141. The first-order chi connectivity index (χ1) is 7.15. The van der Waals surface area contributed by atoms with Crippen molar-refractivity contribution in [3.63, 3.8) is 0 Å². The summed E-state index contributed by atoms with van der Waals surface area (Å²) in [6, 6.07) is 0. The van der Waals surface area contributed by atoms with Crippen molar-refractivity contribution in [1.82, 2.24) is 14.5 Å². The van der Waals surface area contributed by atoms with E-state index in [4.69, 9.17) is 5.11 Å². The Morgan fingerprint density at radius 1 is 1.73 bits per heavy atom. The summed E-state index contributed by atoms with van der Waals surface area (Å²) in [5.74, 6) is -0.882. The van der Waals surface area contributed by atoms with Gasteiger partial charge in [0.15, 0.2) is 0 Å². The second kappa shape index (κ2) is 4.02. The summed E-state index contributed by atoms with van der Waals surface area (Å²) < 4.78 is 1.90. The summed E-state index contributed by atoms with van der Waals surface area (Å²) in [5.41, 5.74) is 1.00. The minimum absolute atomic E-state index is 0.200. The van der Waals surface area contributed by atoms with Crippen LogP contribution < -0.4 is 0 Å². The first kappa shape index (κ1) is 10.2. The summed E-state index contributed by atoms with van der Waals surface area (Å²) in [7, 11) is 1.93. The number of rotatable bonds is 3. The van der Waals surface area contributed by atoms with E-state index in [0.29, 0.717) is 6.54 Å². The fraction of sp³-hybridized carbons (Fsp3) is 0.600. The first-order valence-electron chi connectivity index (χ1n) is 5.07. The van der Waals surface area contributed by atoms with Gasteiger partial charge in [0.2, 0.25) is 0 Å². The molecule has 1 fully saturated rings. The SMILES string of the molecule is Cn1cnc(CN2CCC(C(=O)O)C2)c1. The van der Waals surface area contributed by atoms with Crippen LogP contribution in [-0.2, 0) is 18.4 Å². The Hall–Kier alpha value is -1.36. The molecule has 1 aromatic heterocycles. The molecule has 1 aliphatic rings. The third-order valence-electron chi connectivity index (χ3n) is 2.77. The van der Waals surface area contributed by atoms with Crippen molar-refractivity contribution in [1.29, 1.82) is 0 Å². The molecule has 5 heteroatoms. The van der Waals surface area contributed by atoms with E-state index in [2.05, 4.69) is 9.88 Å². The number of aryl methyl sites for hydroxylation is 1. The van der Waals surface area contributed by atoms with Crippen LogP contribution >= 0.6 is 0 Å². The van der Waals surface area contributed by atoms with Gasteiger partial charge in [0.1, 0.15) is 0 Å². The topological polar surface area (TPSA) is 58.4 Å². The minimum atomic E-state index is -0.682. The molecule has 1 aromatic rings. The van der Waals surface area contributed by atoms with Gasteiger partial charge in [-0.05, 0) is 13.0 Å². The van der Waals surface area contributed by atoms with Crippen LogP contribution in [0.5, 0.6) is 0 Å². The second-order valence-corrected chi connectivity index (χ2v) is 4.09. The zero-order valence-electron chi connectivity index (χ0n) is 8.76. The lowest BCUT2D eigenvalue weighted by atomic mass is 10.1. The van der Waals surface area contributed by atoms with Crippen molar-refractivity contribution in [2.75, 3.05) is 13.1 Å². The number of likely N-dealkylation sites (tertiary alicyclic amines) is 1. The van der Waals surface area contributed by atoms with Crippen molar-refractivity contribution in [3.05, 3.63) is 18.2 Å². The molecule has 1 saturated heterocycles. The fourth-order valence-electron chi connectivity index (χ4n) is 1.96. The molecule has 82 valence electrons. The molecule has 0 saturated carbocycles. The Bertz CT molecular complexity index is 361. The predicted molar refractivity (Wildman–Crippen MR) is 54.2 cm³/mol. The zero-order valence-corrected chi connectivity index (χ0v) is 8.76. The van der Waals surface area contributed by atoms with Crippen LogP contribution in [0.15, 0.2) is 12.5 Å². The third kappa shape index (κ3) is 2.36. The molecule has 1 atom stereocenters. The molecular weight excluding hydrogens is 194 g/mol. The quantitative estimate of drug-likeness (QED) is 0.779. The molecule has 0 amide bonds. The summed E-state index contributed by atoms with van der Waals surface area (Å²) in [5, 5.41) is 8.85. The monoisotopic (exact) mass is 209 g/mol. The van der Waals surface area contributed by atoms with Gasteiger partial charge in [-0.25, -0.2) is 4.98 Å². The number of hydrogen-bond acceptors (Lipinski definition) is 3. The van der Waals surface area contributed by atoms with E-state index < -0.39 is 5.97 Å². The number of hydrogen-bond donors (Lipinski definition) is 1. The summed E-state index contributed by atoms with van der Waals surface area (Å²) in [6.07, 6.45) is 4.48. The highest BCUT2D eigenvalue weighted by Gasteiger charge is 2.27. The molecule has 0 aliphatic carbocycles. The Morgan fingerprint density at radius 2 is 2.53 bits per heavy atom. The average Bonchev–Trinajstić information content (AvgIpc) is 2.76. The molecule has 1 aliphatic heterocycles. The molecule has 2 heterocycles. The number of carboxylic acid groups (broad SMARTS) is 1. The van der Waals surface area contributed by atoms with Gasteiger partial charge in [-0.2, -0.15) is 0 Å². The predicted octanol–water partition coefficient (Wildman–Crippen LogP) is 0.327. The van der Waals surface area contributed by atoms with Gasteiger partial charge in [-0.3, -0.25) is 9.69 Å². The number of aromatic nitrogens is 2. The van der Waals surface area contributed by atoms with Crippen molar-refractivity contribution in [2.24, 2.45) is 13.0 Å². The number of carboxylic acids is 1. The van der Waals surface area contributed by atoms with Gasteiger partial charge in [0, 0.05) is 26.3 Å². The number of carbonyl (C=O) groups is 1. The van der Waals surface area contributed by atoms with Crippen LogP contribution in [0.25, 0.3) is 0 Å². The number of aliphatic carboxylic acids is 1. The van der Waals surface area contributed by atoms with E-state index in [1.54, 1.807) is 6.33 Å². The van der Waals surface area contributed by atoms with E-state index in [-0.39, 0.29) is 5.92 Å². The van der Waals surface area contributed by atoms with Crippen LogP contribution in [0, 0.1) is 5.92 Å². The molecule has 0 spiro atoms. The van der Waals surface area contributed by atoms with Gasteiger partial charge in [0.25, 0.3) is 0 Å². The molecule has 1 N–H and O–H groups in total. The molecule has 15 heavy (non-hydrogen) atoms. The lowest BCUT2D eigenvalue weighted by Gasteiger charge is -2.12. The van der Waals surface area contributed by atoms with Gasteiger partial charge < -0.3 is 9.67 Å². The van der Waals surface area contributed by atoms with E-state index in [0.717, 1.165) is 25.2 Å². The van der Waals surface area contributed by atoms with E-state index >= 15 is 0 Å². The first-order valence-corrected chi connectivity index (χ1v) is 5.07. The van der Waals surface area contributed by atoms with Gasteiger partial charge in [-0.15, -0.1) is 0 Å². The molecule has 2 rings (SSSR count). The van der Waals surface area contributed by atoms with Crippen LogP contribution in [0.2, 0.25) is 0 Å². The highest BCUT2D eigenvalue weighted by atomic mass is 16.4. The summed E-state index contributed by atoms with van der Waals surface area (Å²) >= 11 is 0. The smallest absolute Gasteiger partial charge is 0.307 e. The van der Waals surface area contributed by atoms with Crippen molar-refractivity contribution < 1.29 is 9.90 Å². The molecule has 0 bridgehead atoms. The zero-order chi connectivity index (χ0) is 10.8. The number of nitrogens with zero attached hydrogens (tertiary/aromatic N) is 3. The molecule has 0 aromatic carbocycles.